The van der Waals surface area contributed by atoms with Crippen LogP contribution in [0.15, 0.2) is 18.2 Å². The molecule has 8 heteroatoms. The molecule has 1 aromatic rings. The lowest BCUT2D eigenvalue weighted by Crippen LogP contribution is -2.32. The maximum Gasteiger partial charge on any atom is 0.444 e. The fourth-order valence-corrected chi connectivity index (χ4v) is 1.14. The minimum atomic E-state index is -4.19. The van der Waals surface area contributed by atoms with Crippen LogP contribution in [-0.4, -0.2) is 16.7 Å². The second-order valence-corrected chi connectivity index (χ2v) is 3.55. The van der Waals surface area contributed by atoms with Gasteiger partial charge in [0.15, 0.2) is 0 Å². The number of hydrogen-bond acceptors (Lipinski definition) is 3. The van der Waals surface area contributed by atoms with E-state index in [1.54, 1.807) is 0 Å². The first-order valence-corrected chi connectivity index (χ1v) is 4.77. The second kappa shape index (κ2) is 4.79. The molecule has 17 heavy (non-hydrogen) atoms. The van der Waals surface area contributed by atoms with E-state index in [0.29, 0.717) is 0 Å². The van der Waals surface area contributed by atoms with E-state index in [1.165, 1.54) is 6.92 Å². The Balaban J connectivity index is 2.96. The Hall–Kier alpha value is -1.50. The fourth-order valence-electron chi connectivity index (χ4n) is 1.10. The highest BCUT2D eigenvalue weighted by atomic mass is 35.5. The van der Waals surface area contributed by atoms with Crippen molar-refractivity contribution in [1.29, 1.82) is 0 Å². The van der Waals surface area contributed by atoms with E-state index in [0.717, 1.165) is 18.2 Å². The normalized spacial score (nSPS) is 13.2. The van der Waals surface area contributed by atoms with Crippen LogP contribution in [0.1, 0.15) is 5.56 Å². The molecule has 0 bridgehead atoms. The monoisotopic (exact) mass is 269 g/mol. The number of nitrogens with zero attached hydrogens (tertiary/aromatic N) is 1. The Bertz CT molecular complexity index is 439. The summed E-state index contributed by atoms with van der Waals surface area (Å²) >= 11 is 4.59. The smallest absolute Gasteiger partial charge is 0.429 e. The number of ether oxygens (including phenoxy) is 1. The zero-order valence-corrected chi connectivity index (χ0v) is 9.25. The highest BCUT2D eigenvalue weighted by molar-refractivity contribution is 6.20. The molecule has 0 N–H and O–H groups in total. The van der Waals surface area contributed by atoms with Gasteiger partial charge in [0.25, 0.3) is 11.3 Å². The molecule has 0 fully saturated rings. The summed E-state index contributed by atoms with van der Waals surface area (Å²) < 4.78 is 41.8. The molecule has 0 amide bonds. The molecule has 0 spiro atoms. The molecule has 1 unspecified atom stereocenters. The maximum atomic E-state index is 12.8. The van der Waals surface area contributed by atoms with Gasteiger partial charge in [-0.15, -0.1) is 0 Å². The van der Waals surface area contributed by atoms with E-state index in [1.807, 2.05) is 0 Å². The molecule has 0 saturated heterocycles. The van der Waals surface area contributed by atoms with Crippen LogP contribution in [0.2, 0.25) is 0 Å². The first kappa shape index (κ1) is 13.6. The van der Waals surface area contributed by atoms with E-state index >= 15 is 0 Å². The van der Waals surface area contributed by atoms with E-state index in [4.69, 9.17) is 0 Å². The molecule has 0 aliphatic carbocycles. The number of aryl methyl sites for hydroxylation is 1. The number of nitro groups is 1. The molecule has 0 saturated carbocycles. The first-order chi connectivity index (χ1) is 7.74. The van der Waals surface area contributed by atoms with Crippen molar-refractivity contribution < 1.29 is 22.8 Å². The minimum absolute atomic E-state index is 0.119. The maximum absolute atomic E-state index is 12.8. The van der Waals surface area contributed by atoms with Gasteiger partial charge in [-0.2, -0.15) is 8.78 Å². The quantitative estimate of drug-likeness (QED) is 0.478. The molecule has 1 rings (SSSR count). The van der Waals surface area contributed by atoms with Gasteiger partial charge in [0, 0.05) is 11.6 Å². The number of hydrogen-bond donors (Lipinski definition) is 0. The summed E-state index contributed by atoms with van der Waals surface area (Å²) in [6.07, 6.45) is -4.19. The average molecular weight is 270 g/mol. The number of alkyl halides is 4. The van der Waals surface area contributed by atoms with Gasteiger partial charge in [0.1, 0.15) is 5.75 Å². The van der Waals surface area contributed by atoms with E-state index in [-0.39, 0.29) is 11.3 Å². The zero-order chi connectivity index (χ0) is 13.2. The molecule has 0 radical (unpaired) electrons. The molecule has 4 nitrogen and oxygen atoms in total. The van der Waals surface area contributed by atoms with E-state index in [2.05, 4.69) is 16.3 Å². The third kappa shape index (κ3) is 3.23. The second-order valence-electron chi connectivity index (χ2n) is 3.17. The van der Waals surface area contributed by atoms with Crippen molar-refractivity contribution in [2.24, 2.45) is 0 Å². The Morgan fingerprint density at radius 2 is 2.12 bits per heavy atom. The van der Waals surface area contributed by atoms with Gasteiger partial charge in [-0.25, -0.2) is 4.39 Å². The third-order valence-corrected chi connectivity index (χ3v) is 2.13. The van der Waals surface area contributed by atoms with Crippen molar-refractivity contribution in [2.75, 3.05) is 0 Å². The molecule has 0 aromatic heterocycles. The summed E-state index contributed by atoms with van der Waals surface area (Å²) in [5.74, 6) is -0.401. The van der Waals surface area contributed by atoms with Crippen LogP contribution in [0.5, 0.6) is 5.75 Å². The lowest BCUT2D eigenvalue weighted by molar-refractivity contribution is -0.385. The van der Waals surface area contributed by atoms with Crippen LogP contribution < -0.4 is 4.74 Å². The number of benzene rings is 1. The summed E-state index contributed by atoms with van der Waals surface area (Å²) in [7, 11) is 0. The molecular formula is C9H7ClF3NO3. The number of rotatable bonds is 4. The van der Waals surface area contributed by atoms with Crippen LogP contribution >= 0.6 is 11.6 Å². The Kier molecular flexibility index (Phi) is 3.82. The van der Waals surface area contributed by atoms with E-state index in [9.17, 15) is 23.3 Å². The zero-order valence-electron chi connectivity index (χ0n) is 8.49. The number of halogens is 4. The third-order valence-electron chi connectivity index (χ3n) is 1.87. The lowest BCUT2D eigenvalue weighted by atomic mass is 10.2. The SMILES string of the molecule is Cc1cc(OC(F)(F)C(F)Cl)ccc1[N+](=O)[O-]. The minimum Gasteiger partial charge on any atom is -0.429 e. The molecule has 1 aromatic carbocycles. The van der Waals surface area contributed by atoms with E-state index < -0.39 is 22.4 Å². The summed E-state index contributed by atoms with van der Waals surface area (Å²) in [4.78, 5) is 9.79. The molecule has 1 atom stereocenters. The fraction of sp³-hybridized carbons (Fsp3) is 0.333. The van der Waals surface area contributed by atoms with Crippen molar-refractivity contribution in [3.05, 3.63) is 33.9 Å². The molecular weight excluding hydrogens is 263 g/mol. The predicted octanol–water partition coefficient (Wildman–Crippen LogP) is 3.41. The lowest BCUT2D eigenvalue weighted by Gasteiger charge is -2.17. The van der Waals surface area contributed by atoms with Gasteiger partial charge in [-0.1, -0.05) is 11.6 Å². The average Bonchev–Trinajstić information content (AvgIpc) is 2.15. The Morgan fingerprint density at radius 1 is 1.53 bits per heavy atom. The van der Waals surface area contributed by atoms with Crippen molar-refractivity contribution >= 4 is 17.3 Å². The van der Waals surface area contributed by atoms with Gasteiger partial charge in [0.05, 0.1) is 4.92 Å². The van der Waals surface area contributed by atoms with Crippen molar-refractivity contribution in [3.8, 4) is 5.75 Å². The van der Waals surface area contributed by atoms with Crippen LogP contribution in [0.25, 0.3) is 0 Å². The summed E-state index contributed by atoms with van der Waals surface area (Å²) in [6, 6.07) is 2.94. The van der Waals surface area contributed by atoms with Crippen LogP contribution in [-0.2, 0) is 0 Å². The topological polar surface area (TPSA) is 52.4 Å². The van der Waals surface area contributed by atoms with Gasteiger partial charge >= 0.3 is 6.11 Å². The molecule has 0 heterocycles. The van der Waals surface area contributed by atoms with Gasteiger partial charge < -0.3 is 4.74 Å². The summed E-state index contributed by atoms with van der Waals surface area (Å²) in [5, 5.41) is 10.5. The van der Waals surface area contributed by atoms with Crippen LogP contribution in [0.3, 0.4) is 0 Å². The van der Waals surface area contributed by atoms with Crippen LogP contribution in [0.4, 0.5) is 18.9 Å². The standard InChI is InChI=1S/C9H7ClF3NO3/c1-5-4-6(2-3-7(5)14(15)16)17-9(12,13)8(10)11/h2-4,8H,1H3. The Morgan fingerprint density at radius 3 is 2.53 bits per heavy atom. The summed E-state index contributed by atoms with van der Waals surface area (Å²) in [6.45, 7) is 1.34. The largest absolute Gasteiger partial charge is 0.444 e. The van der Waals surface area contributed by atoms with Gasteiger partial charge in [-0.3, -0.25) is 10.1 Å². The van der Waals surface area contributed by atoms with Crippen molar-refractivity contribution in [1.82, 2.24) is 0 Å². The van der Waals surface area contributed by atoms with Crippen molar-refractivity contribution in [3.63, 3.8) is 0 Å². The molecule has 0 aliphatic rings. The Labute approximate surface area is 99.1 Å². The van der Waals surface area contributed by atoms with Crippen molar-refractivity contribution in [2.45, 2.75) is 18.7 Å². The molecule has 94 valence electrons. The highest BCUT2D eigenvalue weighted by Gasteiger charge is 2.42. The van der Waals surface area contributed by atoms with Crippen LogP contribution in [0, 0.1) is 17.0 Å². The predicted molar refractivity (Wildman–Crippen MR) is 54.2 cm³/mol. The first-order valence-electron chi connectivity index (χ1n) is 4.34. The molecule has 0 aliphatic heterocycles. The van der Waals surface area contributed by atoms with Gasteiger partial charge in [0.2, 0.25) is 0 Å². The van der Waals surface area contributed by atoms with Gasteiger partial charge in [-0.05, 0) is 19.1 Å². The highest BCUT2D eigenvalue weighted by Crippen LogP contribution is 2.31. The number of nitro benzene ring substituents is 1. The summed E-state index contributed by atoms with van der Waals surface area (Å²) in [5.41, 5.74) is -3.13.